The van der Waals surface area contributed by atoms with Crippen molar-refractivity contribution < 1.29 is 9.59 Å². The number of thiophene rings is 1. The zero-order valence-corrected chi connectivity index (χ0v) is 14.2. The number of carbonyl (C=O) groups excluding carboxylic acids is 2. The van der Waals surface area contributed by atoms with Gasteiger partial charge in [0, 0.05) is 11.9 Å². The molecule has 0 saturated heterocycles. The summed E-state index contributed by atoms with van der Waals surface area (Å²) in [7, 11) is 1.71. The molecule has 1 aliphatic carbocycles. The number of hydrogen-bond donors (Lipinski definition) is 2. The lowest BCUT2D eigenvalue weighted by Crippen LogP contribution is -2.20. The molecular formula is C13H13IN4O2S. The molecule has 0 bridgehead atoms. The Morgan fingerprint density at radius 2 is 2.24 bits per heavy atom. The number of hydrogen-bond acceptors (Lipinski definition) is 4. The number of nitrogens with zero attached hydrogens (tertiary/aromatic N) is 2. The van der Waals surface area contributed by atoms with Gasteiger partial charge in [-0.1, -0.05) is 0 Å². The molecule has 3 N–H and O–H groups in total. The molecule has 2 heterocycles. The van der Waals surface area contributed by atoms with Crippen molar-refractivity contribution >= 4 is 50.7 Å². The van der Waals surface area contributed by atoms with E-state index in [1.165, 1.54) is 16.0 Å². The number of rotatable bonds is 3. The van der Waals surface area contributed by atoms with Gasteiger partial charge in [-0.3, -0.25) is 14.3 Å². The Hall–Kier alpha value is -1.42. The fourth-order valence-corrected chi connectivity index (χ4v) is 4.59. The molecule has 6 nitrogen and oxygen atoms in total. The maximum atomic E-state index is 12.4. The molecule has 0 fully saturated rings. The van der Waals surface area contributed by atoms with Crippen molar-refractivity contribution in [1.82, 2.24) is 9.78 Å². The van der Waals surface area contributed by atoms with Crippen molar-refractivity contribution in [2.45, 2.75) is 19.3 Å². The topological polar surface area (TPSA) is 90.0 Å². The summed E-state index contributed by atoms with van der Waals surface area (Å²) in [6.07, 6.45) is 4.46. The van der Waals surface area contributed by atoms with Crippen molar-refractivity contribution in [2.75, 3.05) is 5.32 Å². The average Bonchev–Trinajstić information content (AvgIpc) is 3.03. The van der Waals surface area contributed by atoms with Gasteiger partial charge in [0.25, 0.3) is 11.8 Å². The first-order valence-corrected chi connectivity index (χ1v) is 8.31. The number of fused-ring (bicyclic) bond motifs is 1. The Labute approximate surface area is 138 Å². The number of aromatic nitrogens is 2. The van der Waals surface area contributed by atoms with Gasteiger partial charge in [0.2, 0.25) is 0 Å². The van der Waals surface area contributed by atoms with Crippen LogP contribution < -0.4 is 11.1 Å². The van der Waals surface area contributed by atoms with E-state index in [2.05, 4.69) is 33.0 Å². The molecule has 21 heavy (non-hydrogen) atoms. The zero-order valence-electron chi connectivity index (χ0n) is 11.3. The van der Waals surface area contributed by atoms with Gasteiger partial charge < -0.3 is 11.1 Å². The molecule has 1 aliphatic rings. The number of anilines is 1. The number of halogens is 1. The minimum Gasteiger partial charge on any atom is -0.365 e. The molecule has 2 aromatic heterocycles. The fraction of sp³-hybridized carbons (Fsp3) is 0.308. The van der Waals surface area contributed by atoms with Crippen LogP contribution >= 0.6 is 33.9 Å². The number of primary amides is 1. The third kappa shape index (κ3) is 2.46. The summed E-state index contributed by atoms with van der Waals surface area (Å²) < 4.78 is 2.28. The fourth-order valence-electron chi connectivity index (χ4n) is 2.58. The summed E-state index contributed by atoms with van der Waals surface area (Å²) in [5.74, 6) is -0.758. The lowest BCUT2D eigenvalue weighted by atomic mass is 10.1. The highest BCUT2D eigenvalue weighted by molar-refractivity contribution is 14.1. The third-order valence-corrected chi connectivity index (χ3v) is 5.50. The second-order valence-corrected chi connectivity index (χ2v) is 7.11. The first-order valence-electron chi connectivity index (χ1n) is 6.42. The first-order chi connectivity index (χ1) is 9.99. The summed E-state index contributed by atoms with van der Waals surface area (Å²) in [4.78, 5) is 25.3. The molecule has 0 unspecified atom stereocenters. The van der Waals surface area contributed by atoms with Crippen molar-refractivity contribution in [3.63, 3.8) is 0 Å². The Morgan fingerprint density at radius 1 is 1.48 bits per heavy atom. The molecule has 0 saturated carbocycles. The van der Waals surface area contributed by atoms with Gasteiger partial charge in [-0.25, -0.2) is 0 Å². The number of nitrogens with two attached hydrogens (primary N) is 1. The van der Waals surface area contributed by atoms with E-state index in [1.54, 1.807) is 13.2 Å². The molecule has 110 valence electrons. The van der Waals surface area contributed by atoms with Crippen molar-refractivity contribution in [3.05, 3.63) is 31.5 Å². The van der Waals surface area contributed by atoms with Gasteiger partial charge in [-0.05, 0) is 47.4 Å². The Bertz CT molecular complexity index is 730. The maximum Gasteiger partial charge on any atom is 0.275 e. The van der Waals surface area contributed by atoms with Crippen LogP contribution in [-0.4, -0.2) is 21.6 Å². The molecule has 8 heteroatoms. The molecule has 0 radical (unpaired) electrons. The molecule has 2 amide bonds. The number of aryl methyl sites for hydroxylation is 2. The van der Waals surface area contributed by atoms with Crippen molar-refractivity contribution in [3.8, 4) is 0 Å². The van der Waals surface area contributed by atoms with Crippen LogP contribution in [0.2, 0.25) is 0 Å². The SMILES string of the molecule is Cn1ncc(I)c1C(=O)Nc1sc2c(c1C(N)=O)CCC2. The van der Waals surface area contributed by atoms with Crippen LogP contribution in [0.15, 0.2) is 6.20 Å². The van der Waals surface area contributed by atoms with E-state index in [9.17, 15) is 9.59 Å². The van der Waals surface area contributed by atoms with E-state index < -0.39 is 5.91 Å². The number of amides is 2. The van der Waals surface area contributed by atoms with Gasteiger partial charge in [0.1, 0.15) is 10.7 Å². The largest absolute Gasteiger partial charge is 0.365 e. The minimum atomic E-state index is -0.482. The molecule has 0 spiro atoms. The van der Waals surface area contributed by atoms with Crippen LogP contribution in [-0.2, 0) is 19.9 Å². The van der Waals surface area contributed by atoms with Crippen LogP contribution in [0.1, 0.15) is 37.7 Å². The average molecular weight is 416 g/mol. The maximum absolute atomic E-state index is 12.4. The van der Waals surface area contributed by atoms with E-state index >= 15 is 0 Å². The highest BCUT2D eigenvalue weighted by Crippen LogP contribution is 2.39. The summed E-state index contributed by atoms with van der Waals surface area (Å²) in [6, 6.07) is 0. The normalized spacial score (nSPS) is 13.2. The van der Waals surface area contributed by atoms with Crippen LogP contribution in [0.3, 0.4) is 0 Å². The summed E-state index contributed by atoms with van der Waals surface area (Å²) in [6.45, 7) is 0. The highest BCUT2D eigenvalue weighted by Gasteiger charge is 2.27. The monoisotopic (exact) mass is 416 g/mol. The van der Waals surface area contributed by atoms with Crippen LogP contribution in [0.4, 0.5) is 5.00 Å². The van der Waals surface area contributed by atoms with Crippen molar-refractivity contribution in [2.24, 2.45) is 12.8 Å². The van der Waals surface area contributed by atoms with Gasteiger partial charge in [0.15, 0.2) is 0 Å². The van der Waals surface area contributed by atoms with Crippen LogP contribution in [0.25, 0.3) is 0 Å². The lowest BCUT2D eigenvalue weighted by molar-refractivity contribution is 0.100. The van der Waals surface area contributed by atoms with Crippen molar-refractivity contribution in [1.29, 1.82) is 0 Å². The Kier molecular flexibility index (Phi) is 3.74. The predicted octanol–water partition coefficient (Wildman–Crippen LogP) is 1.93. The lowest BCUT2D eigenvalue weighted by Gasteiger charge is -2.06. The summed E-state index contributed by atoms with van der Waals surface area (Å²) in [5, 5.41) is 7.42. The minimum absolute atomic E-state index is 0.276. The van der Waals surface area contributed by atoms with E-state index in [0.717, 1.165) is 33.3 Å². The van der Waals surface area contributed by atoms with E-state index in [-0.39, 0.29) is 5.91 Å². The standard InChI is InChI=1S/C13H13IN4O2S/c1-18-10(7(14)5-16-18)12(20)17-13-9(11(15)19)6-3-2-4-8(6)21-13/h5H,2-4H2,1H3,(H2,15,19)(H,17,20). The Balaban J connectivity index is 1.96. The second-order valence-electron chi connectivity index (χ2n) is 4.84. The molecule has 2 aromatic rings. The van der Waals surface area contributed by atoms with Crippen LogP contribution in [0.5, 0.6) is 0 Å². The van der Waals surface area contributed by atoms with Gasteiger partial charge >= 0.3 is 0 Å². The number of carbonyl (C=O) groups is 2. The molecular weight excluding hydrogens is 403 g/mol. The molecule has 0 aliphatic heterocycles. The van der Waals surface area contributed by atoms with Gasteiger partial charge in [-0.2, -0.15) is 5.10 Å². The molecule has 0 aromatic carbocycles. The quantitative estimate of drug-likeness (QED) is 0.750. The van der Waals surface area contributed by atoms with Gasteiger partial charge in [0.05, 0.1) is 15.3 Å². The highest BCUT2D eigenvalue weighted by atomic mass is 127. The predicted molar refractivity (Wildman–Crippen MR) is 88.7 cm³/mol. The van der Waals surface area contributed by atoms with E-state index in [0.29, 0.717) is 16.3 Å². The van der Waals surface area contributed by atoms with Gasteiger partial charge in [-0.15, -0.1) is 11.3 Å². The third-order valence-electron chi connectivity index (χ3n) is 3.50. The Morgan fingerprint density at radius 3 is 2.86 bits per heavy atom. The zero-order chi connectivity index (χ0) is 15.1. The summed E-state index contributed by atoms with van der Waals surface area (Å²) in [5.41, 5.74) is 7.43. The smallest absolute Gasteiger partial charge is 0.275 e. The number of nitrogens with one attached hydrogen (secondary N) is 1. The molecule has 0 atom stereocenters. The molecule has 3 rings (SSSR count). The summed E-state index contributed by atoms with van der Waals surface area (Å²) >= 11 is 3.51. The first kappa shape index (κ1) is 14.5. The van der Waals surface area contributed by atoms with E-state index in [1.807, 2.05) is 0 Å². The van der Waals surface area contributed by atoms with E-state index in [4.69, 9.17) is 5.73 Å². The van der Waals surface area contributed by atoms with Crippen LogP contribution in [0, 0.1) is 3.57 Å². The second kappa shape index (κ2) is 5.41.